The molecule has 0 fully saturated rings. The van der Waals surface area contributed by atoms with Crippen LogP contribution in [0, 0.1) is 0 Å². The Morgan fingerprint density at radius 2 is 1.96 bits per heavy atom. The highest BCUT2D eigenvalue weighted by Gasteiger charge is 2.15. The zero-order chi connectivity index (χ0) is 19.5. The van der Waals surface area contributed by atoms with E-state index in [0.29, 0.717) is 30.1 Å². The molecule has 28 heavy (non-hydrogen) atoms. The number of quaternary nitrogens is 1. The average Bonchev–Trinajstić information content (AvgIpc) is 3.07. The van der Waals surface area contributed by atoms with Crippen molar-refractivity contribution in [3.8, 4) is 5.75 Å². The maximum absolute atomic E-state index is 12.4. The molecule has 1 atom stereocenters. The van der Waals surface area contributed by atoms with E-state index < -0.39 is 0 Å². The fraction of sp³-hybridized carbons (Fsp3) is 0.182. The number of hydrogen-bond donors (Lipinski definition) is 2. The van der Waals surface area contributed by atoms with Crippen LogP contribution < -0.4 is 15.2 Å². The van der Waals surface area contributed by atoms with E-state index in [4.69, 9.17) is 9.15 Å². The molecule has 0 spiro atoms. The van der Waals surface area contributed by atoms with Gasteiger partial charge in [-0.05, 0) is 36.4 Å². The minimum atomic E-state index is -0.243. The summed E-state index contributed by atoms with van der Waals surface area (Å²) in [6.07, 6.45) is 1.72. The van der Waals surface area contributed by atoms with Gasteiger partial charge in [0.05, 0.1) is 7.05 Å². The van der Waals surface area contributed by atoms with Gasteiger partial charge in [0, 0.05) is 10.9 Å². The second-order valence-corrected chi connectivity index (χ2v) is 6.84. The number of furan rings is 1. The van der Waals surface area contributed by atoms with Crippen molar-refractivity contribution >= 4 is 22.1 Å². The van der Waals surface area contributed by atoms with E-state index >= 15 is 0 Å². The normalized spacial score (nSPS) is 12.3. The number of H-pyrrole nitrogens is 1. The molecule has 0 aliphatic carbocycles. The molecule has 4 rings (SSSR count). The molecule has 6 nitrogen and oxygen atoms in total. The Labute approximate surface area is 162 Å². The van der Waals surface area contributed by atoms with Gasteiger partial charge in [-0.2, -0.15) is 0 Å². The SMILES string of the molecule is C=CCOc1ccc(C[NH+](C)Cc2nc3c(oc4ccccc43)c(=O)[nH]2)cc1. The number of hydrogen-bond acceptors (Lipinski definition) is 4. The van der Waals surface area contributed by atoms with Crippen molar-refractivity contribution in [2.24, 2.45) is 0 Å². The van der Waals surface area contributed by atoms with Crippen molar-refractivity contribution in [1.29, 1.82) is 0 Å². The van der Waals surface area contributed by atoms with Crippen LogP contribution in [0.2, 0.25) is 0 Å². The molecule has 4 aromatic rings. The fourth-order valence-electron chi connectivity index (χ4n) is 3.29. The van der Waals surface area contributed by atoms with Crippen LogP contribution in [0.15, 0.2) is 70.4 Å². The van der Waals surface area contributed by atoms with E-state index in [1.54, 1.807) is 6.08 Å². The van der Waals surface area contributed by atoms with Crippen LogP contribution in [0.4, 0.5) is 0 Å². The third-order valence-corrected chi connectivity index (χ3v) is 4.55. The predicted molar refractivity (Wildman–Crippen MR) is 109 cm³/mol. The van der Waals surface area contributed by atoms with Crippen molar-refractivity contribution in [2.45, 2.75) is 13.1 Å². The highest BCUT2D eigenvalue weighted by atomic mass is 16.5. The summed E-state index contributed by atoms with van der Waals surface area (Å²) in [5.74, 6) is 1.47. The van der Waals surface area contributed by atoms with Gasteiger partial charge in [-0.25, -0.2) is 4.98 Å². The molecule has 2 aromatic carbocycles. The second-order valence-electron chi connectivity index (χ2n) is 6.84. The summed E-state index contributed by atoms with van der Waals surface area (Å²) in [6.45, 7) is 5.54. The number of fused-ring (bicyclic) bond motifs is 3. The highest BCUT2D eigenvalue weighted by Crippen LogP contribution is 2.24. The Morgan fingerprint density at radius 3 is 2.75 bits per heavy atom. The smallest absolute Gasteiger partial charge is 0.294 e. The van der Waals surface area contributed by atoms with Crippen LogP contribution in [0.1, 0.15) is 11.4 Å². The summed E-state index contributed by atoms with van der Waals surface area (Å²) >= 11 is 0. The fourth-order valence-corrected chi connectivity index (χ4v) is 3.29. The first-order valence-electron chi connectivity index (χ1n) is 9.18. The zero-order valence-corrected chi connectivity index (χ0v) is 15.7. The molecular formula is C22H22N3O3+. The molecule has 2 heterocycles. The van der Waals surface area contributed by atoms with Gasteiger partial charge in [-0.15, -0.1) is 0 Å². The molecule has 2 N–H and O–H groups in total. The van der Waals surface area contributed by atoms with Gasteiger partial charge in [0.25, 0.3) is 5.56 Å². The molecule has 2 aromatic heterocycles. The van der Waals surface area contributed by atoms with Crippen LogP contribution >= 0.6 is 0 Å². The Bertz CT molecular complexity index is 1180. The number of benzene rings is 2. The van der Waals surface area contributed by atoms with Crippen LogP contribution in [-0.2, 0) is 13.1 Å². The summed E-state index contributed by atoms with van der Waals surface area (Å²) in [4.78, 5) is 21.1. The van der Waals surface area contributed by atoms with Gasteiger partial charge in [0.2, 0.25) is 5.58 Å². The maximum Gasteiger partial charge on any atom is 0.294 e. The Balaban J connectivity index is 1.52. The number of nitrogens with zero attached hydrogens (tertiary/aromatic N) is 1. The van der Waals surface area contributed by atoms with Crippen molar-refractivity contribution in [3.05, 3.63) is 82.9 Å². The third-order valence-electron chi connectivity index (χ3n) is 4.55. The van der Waals surface area contributed by atoms with Crippen molar-refractivity contribution in [2.75, 3.05) is 13.7 Å². The lowest BCUT2D eigenvalue weighted by molar-refractivity contribution is -0.908. The minimum Gasteiger partial charge on any atom is -0.490 e. The minimum absolute atomic E-state index is 0.243. The van der Waals surface area contributed by atoms with Crippen LogP contribution in [0.5, 0.6) is 5.75 Å². The van der Waals surface area contributed by atoms with Crippen LogP contribution in [0.25, 0.3) is 22.1 Å². The summed E-state index contributed by atoms with van der Waals surface area (Å²) in [6, 6.07) is 15.6. The molecule has 6 heteroatoms. The second kappa shape index (κ2) is 7.70. The number of nitrogens with one attached hydrogen (secondary N) is 2. The lowest BCUT2D eigenvalue weighted by Gasteiger charge is -2.14. The van der Waals surface area contributed by atoms with Gasteiger partial charge in [-0.1, -0.05) is 24.8 Å². The van der Waals surface area contributed by atoms with E-state index in [2.05, 4.69) is 23.6 Å². The lowest BCUT2D eigenvalue weighted by atomic mass is 10.2. The number of rotatable bonds is 7. The van der Waals surface area contributed by atoms with Gasteiger partial charge in [-0.3, -0.25) is 4.79 Å². The third kappa shape index (κ3) is 3.68. The summed E-state index contributed by atoms with van der Waals surface area (Å²) in [7, 11) is 2.07. The number of aromatic amines is 1. The summed E-state index contributed by atoms with van der Waals surface area (Å²) in [5.41, 5.74) is 2.50. The number of ether oxygens (including phenoxy) is 1. The largest absolute Gasteiger partial charge is 0.490 e. The first-order valence-corrected chi connectivity index (χ1v) is 9.18. The average molecular weight is 376 g/mol. The Kier molecular flexibility index (Phi) is 4.95. The Morgan fingerprint density at radius 1 is 1.18 bits per heavy atom. The van der Waals surface area contributed by atoms with Gasteiger partial charge in [0.1, 0.15) is 36.5 Å². The van der Waals surface area contributed by atoms with E-state index in [9.17, 15) is 4.79 Å². The first-order chi connectivity index (χ1) is 13.6. The molecule has 0 radical (unpaired) electrons. The van der Waals surface area contributed by atoms with Crippen molar-refractivity contribution in [3.63, 3.8) is 0 Å². The Hall–Kier alpha value is -3.38. The molecule has 1 unspecified atom stereocenters. The van der Waals surface area contributed by atoms with Crippen molar-refractivity contribution < 1.29 is 14.1 Å². The summed E-state index contributed by atoms with van der Waals surface area (Å²) in [5, 5.41) is 0.859. The molecule has 0 saturated carbocycles. The van der Waals surface area contributed by atoms with Gasteiger partial charge in [0.15, 0.2) is 5.82 Å². The highest BCUT2D eigenvalue weighted by molar-refractivity contribution is 6.01. The van der Waals surface area contributed by atoms with Gasteiger partial charge < -0.3 is 19.0 Å². The van der Waals surface area contributed by atoms with Crippen LogP contribution in [-0.4, -0.2) is 23.6 Å². The van der Waals surface area contributed by atoms with E-state index in [1.165, 1.54) is 10.5 Å². The standard InChI is InChI=1S/C22H21N3O3/c1-3-12-27-16-10-8-15(9-11-16)13-25(2)14-19-23-20-17-6-4-5-7-18(17)28-21(20)22(26)24-19/h3-11H,1,12-14H2,2H3,(H,23,24,26)/p+1. The van der Waals surface area contributed by atoms with E-state index in [0.717, 1.165) is 17.7 Å². The quantitative estimate of drug-likeness (QED) is 0.486. The molecule has 0 aliphatic rings. The monoisotopic (exact) mass is 376 g/mol. The van der Waals surface area contributed by atoms with Gasteiger partial charge >= 0.3 is 0 Å². The maximum atomic E-state index is 12.4. The number of para-hydroxylation sites is 1. The molecular weight excluding hydrogens is 354 g/mol. The first kappa shape index (κ1) is 18.0. The number of aromatic nitrogens is 2. The van der Waals surface area contributed by atoms with E-state index in [-0.39, 0.29) is 11.1 Å². The topological polar surface area (TPSA) is 72.6 Å². The summed E-state index contributed by atoms with van der Waals surface area (Å²) < 4.78 is 11.2. The van der Waals surface area contributed by atoms with Crippen molar-refractivity contribution in [1.82, 2.24) is 9.97 Å². The molecule has 0 amide bonds. The molecule has 0 aliphatic heterocycles. The molecule has 142 valence electrons. The van der Waals surface area contributed by atoms with E-state index in [1.807, 2.05) is 48.5 Å². The lowest BCUT2D eigenvalue weighted by Crippen LogP contribution is -3.06. The molecule has 0 saturated heterocycles. The zero-order valence-electron chi connectivity index (χ0n) is 15.7. The predicted octanol–water partition coefficient (Wildman–Crippen LogP) is 2.45. The van der Waals surface area contributed by atoms with Crippen LogP contribution in [0.3, 0.4) is 0 Å². The molecule has 0 bridgehead atoms.